The summed E-state index contributed by atoms with van der Waals surface area (Å²) in [4.78, 5) is 15.6. The molecule has 4 aliphatic rings. The molecule has 276 valence electrons. The number of benzene rings is 3. The molecule has 0 bridgehead atoms. The van der Waals surface area contributed by atoms with Gasteiger partial charge in [-0.15, -0.1) is 17.3 Å². The van der Waals surface area contributed by atoms with Crippen LogP contribution in [0.3, 0.4) is 0 Å². The average molecular weight is 727 g/mol. The van der Waals surface area contributed by atoms with Crippen LogP contribution in [-0.2, 0) is 4.79 Å². The van der Waals surface area contributed by atoms with Crippen molar-refractivity contribution in [2.45, 2.75) is 82.8 Å². The van der Waals surface area contributed by atoms with Crippen molar-refractivity contribution in [1.29, 1.82) is 0 Å². The Kier molecular flexibility index (Phi) is 11.0. The number of thiophene rings is 1. The molecule has 1 heterocycles. The molecule has 4 aliphatic carbocycles. The second kappa shape index (κ2) is 15.7. The molecule has 2 N–H and O–H groups in total. The van der Waals surface area contributed by atoms with Gasteiger partial charge in [0.15, 0.2) is 5.78 Å². The smallest absolute Gasteiger partial charge is 0.156 e. The van der Waals surface area contributed by atoms with Crippen LogP contribution in [0.1, 0.15) is 87.7 Å². The summed E-state index contributed by atoms with van der Waals surface area (Å²) >= 11 is 1.75. The highest BCUT2D eigenvalue weighted by molar-refractivity contribution is 7.10. The van der Waals surface area contributed by atoms with Gasteiger partial charge >= 0.3 is 0 Å². The molecule has 0 aliphatic heterocycles. The lowest BCUT2D eigenvalue weighted by Gasteiger charge is -2.53. The number of carbonyl (C=O) groups excluding carboxylic acids is 1. The highest BCUT2D eigenvalue weighted by Crippen LogP contribution is 2.66. The molecule has 0 saturated heterocycles. The second-order valence-corrected chi connectivity index (χ2v) is 16.7. The van der Waals surface area contributed by atoms with Gasteiger partial charge in [-0.2, -0.15) is 0 Å². The summed E-state index contributed by atoms with van der Waals surface area (Å²) in [5.74, 6) is 8.72. The fraction of sp³-hybridized carbons (Fsp3) is 0.426. The summed E-state index contributed by atoms with van der Waals surface area (Å²) in [6, 6.07) is 27.8. The topological polar surface area (TPSA) is 61.8 Å². The van der Waals surface area contributed by atoms with Gasteiger partial charge in [-0.3, -0.25) is 4.79 Å². The van der Waals surface area contributed by atoms with E-state index in [0.717, 1.165) is 57.2 Å². The molecule has 5 nitrogen and oxygen atoms in total. The summed E-state index contributed by atoms with van der Waals surface area (Å²) in [5, 5.41) is 19.4. The standard InChI is InChI=1S/C29H35NO2.C18H19NOS/c1-5-15-29(32)16-14-26-24-12-8-20-17-22(31)11-13-23(20)27(24)25(18-28(26,29)2)19-6-9-21(10-7-19)30(3)4;1-19-12-11-17(18-10-5-13-21-18)20-16-9-4-7-14-6-2-3-8-15(14)16/h6-7,9-10,17,24-26,32H,8,11-14,16,18H2,1-4H3;2-10,13,17,19H,11-12H2,1H3/t24-,25+,26-,28-,29-;17-/m00/s1. The highest BCUT2D eigenvalue weighted by Gasteiger charge is 2.62. The summed E-state index contributed by atoms with van der Waals surface area (Å²) < 4.78 is 6.34. The van der Waals surface area contributed by atoms with E-state index >= 15 is 0 Å². The Morgan fingerprint density at radius 1 is 1.00 bits per heavy atom. The fourth-order valence-electron chi connectivity index (χ4n) is 9.84. The molecule has 0 radical (unpaired) electrons. The van der Waals surface area contributed by atoms with Crippen molar-refractivity contribution >= 4 is 33.6 Å². The number of ether oxygens (including phenoxy) is 1. The molecule has 4 aromatic rings. The lowest BCUT2D eigenvalue weighted by Crippen LogP contribution is -2.51. The van der Waals surface area contributed by atoms with Gasteiger partial charge in [0, 0.05) is 54.2 Å². The zero-order valence-electron chi connectivity index (χ0n) is 32.0. The molecule has 0 amide bonds. The molecule has 6 atom stereocenters. The van der Waals surface area contributed by atoms with Crippen LogP contribution in [0.25, 0.3) is 10.8 Å². The minimum Gasteiger partial charge on any atom is -0.484 e. The molecule has 2 fully saturated rings. The third kappa shape index (κ3) is 7.24. The maximum Gasteiger partial charge on any atom is 0.156 e. The first kappa shape index (κ1) is 37.2. The average Bonchev–Trinajstić information content (AvgIpc) is 3.80. The van der Waals surface area contributed by atoms with E-state index in [9.17, 15) is 9.90 Å². The van der Waals surface area contributed by atoms with Crippen LogP contribution in [0.4, 0.5) is 5.69 Å². The lowest BCUT2D eigenvalue weighted by atomic mass is 9.51. The second-order valence-electron chi connectivity index (χ2n) is 15.7. The molecular weight excluding hydrogens is 673 g/mol. The van der Waals surface area contributed by atoms with Crippen LogP contribution >= 0.6 is 11.3 Å². The molecule has 53 heavy (non-hydrogen) atoms. The van der Waals surface area contributed by atoms with E-state index in [1.165, 1.54) is 38.0 Å². The van der Waals surface area contributed by atoms with E-state index in [2.05, 4.69) is 127 Å². The quantitative estimate of drug-likeness (QED) is 0.177. The van der Waals surface area contributed by atoms with Crippen LogP contribution in [0.5, 0.6) is 5.75 Å². The van der Waals surface area contributed by atoms with Gasteiger partial charge in [0.2, 0.25) is 0 Å². The number of carbonyl (C=O) groups is 1. The Labute approximate surface area is 320 Å². The van der Waals surface area contributed by atoms with Gasteiger partial charge in [0.1, 0.15) is 17.5 Å². The predicted octanol–water partition coefficient (Wildman–Crippen LogP) is 10.0. The summed E-state index contributed by atoms with van der Waals surface area (Å²) in [5.41, 5.74) is 5.71. The summed E-state index contributed by atoms with van der Waals surface area (Å²) in [6.07, 6.45) is 9.29. The molecular formula is C47H54N2O3S. The number of nitrogens with zero attached hydrogens (tertiary/aromatic N) is 1. The number of aliphatic hydroxyl groups is 1. The number of hydrogen-bond acceptors (Lipinski definition) is 6. The molecule has 1 aromatic heterocycles. The van der Waals surface area contributed by atoms with E-state index in [-0.39, 0.29) is 23.2 Å². The van der Waals surface area contributed by atoms with Gasteiger partial charge in [0.25, 0.3) is 0 Å². The van der Waals surface area contributed by atoms with Crippen LogP contribution in [0.2, 0.25) is 0 Å². The van der Waals surface area contributed by atoms with Crippen molar-refractivity contribution in [2.24, 2.45) is 17.3 Å². The first-order chi connectivity index (χ1) is 25.7. The largest absolute Gasteiger partial charge is 0.484 e. The van der Waals surface area contributed by atoms with Crippen LogP contribution in [0, 0.1) is 29.1 Å². The van der Waals surface area contributed by atoms with E-state index in [0.29, 0.717) is 18.3 Å². The van der Waals surface area contributed by atoms with E-state index in [1.54, 1.807) is 16.9 Å². The first-order valence-corrected chi connectivity index (χ1v) is 20.3. The Hall–Kier alpha value is -4.15. The molecule has 6 heteroatoms. The van der Waals surface area contributed by atoms with Crippen molar-refractivity contribution < 1.29 is 14.6 Å². The Bertz CT molecular complexity index is 2050. The molecule has 8 rings (SSSR count). The van der Waals surface area contributed by atoms with E-state index in [1.807, 2.05) is 20.0 Å². The summed E-state index contributed by atoms with van der Waals surface area (Å²) in [7, 11) is 6.12. The maximum atomic E-state index is 12.2. The van der Waals surface area contributed by atoms with Crippen molar-refractivity contribution in [3.8, 4) is 17.6 Å². The molecule has 3 aromatic carbocycles. The van der Waals surface area contributed by atoms with Crippen LogP contribution in [-0.4, -0.2) is 44.2 Å². The number of hydrogen-bond donors (Lipinski definition) is 2. The first-order valence-electron chi connectivity index (χ1n) is 19.4. The van der Waals surface area contributed by atoms with Gasteiger partial charge in [-0.05, 0) is 129 Å². The third-order valence-electron chi connectivity index (χ3n) is 12.6. The number of fused-ring (bicyclic) bond motifs is 5. The van der Waals surface area contributed by atoms with E-state index in [4.69, 9.17) is 4.74 Å². The predicted molar refractivity (Wildman–Crippen MR) is 220 cm³/mol. The Morgan fingerprint density at radius 3 is 2.53 bits per heavy atom. The highest BCUT2D eigenvalue weighted by atomic mass is 32.1. The monoisotopic (exact) mass is 726 g/mol. The minimum absolute atomic E-state index is 0.100. The van der Waals surface area contributed by atoms with Gasteiger partial charge < -0.3 is 20.1 Å². The fourth-order valence-corrected chi connectivity index (χ4v) is 10.6. The normalized spacial score (nSPS) is 26.6. The number of ketones is 1. The van der Waals surface area contributed by atoms with E-state index < -0.39 is 5.60 Å². The van der Waals surface area contributed by atoms with Crippen molar-refractivity contribution in [1.82, 2.24) is 5.32 Å². The SMILES string of the molecule is CC#C[C@]1(O)CC[C@H]2[C@@H]3CCC4=CC(=O)CCC4=C3[C@@H](c3ccc(N(C)C)cc3)C[C@@]21C.CNCC[C@H](Oc1cccc2ccccc12)c1cccs1. The zero-order valence-corrected chi connectivity index (χ0v) is 32.8. The number of rotatable bonds is 8. The number of anilines is 1. The maximum absolute atomic E-state index is 12.2. The lowest BCUT2D eigenvalue weighted by molar-refractivity contribution is -0.114. The Balaban J connectivity index is 0.000000179. The minimum atomic E-state index is -0.914. The zero-order chi connectivity index (χ0) is 37.2. The van der Waals surface area contributed by atoms with Crippen molar-refractivity contribution in [2.75, 3.05) is 32.6 Å². The van der Waals surface area contributed by atoms with Gasteiger partial charge in [0.05, 0.1) is 0 Å². The van der Waals surface area contributed by atoms with Gasteiger partial charge in [-0.25, -0.2) is 0 Å². The third-order valence-corrected chi connectivity index (χ3v) is 13.5. The van der Waals surface area contributed by atoms with Gasteiger partial charge in [-0.1, -0.05) is 73.0 Å². The summed E-state index contributed by atoms with van der Waals surface area (Å²) in [6.45, 7) is 5.08. The number of nitrogens with one attached hydrogen (secondary N) is 1. The van der Waals surface area contributed by atoms with Crippen LogP contribution < -0.4 is 15.0 Å². The number of allylic oxidation sites excluding steroid dienone is 4. The molecule has 0 spiro atoms. The van der Waals surface area contributed by atoms with Crippen LogP contribution in [0.15, 0.2) is 107 Å². The Morgan fingerprint density at radius 2 is 1.79 bits per heavy atom. The molecule has 2 saturated carbocycles. The van der Waals surface area contributed by atoms with Crippen molar-refractivity contribution in [3.05, 3.63) is 117 Å². The van der Waals surface area contributed by atoms with Crippen molar-refractivity contribution in [3.63, 3.8) is 0 Å². The molecule has 0 unspecified atom stereocenters.